The molecule has 0 spiro atoms. The van der Waals surface area contributed by atoms with Crippen molar-refractivity contribution in [3.8, 4) is 0 Å². The Labute approximate surface area is 129 Å². The molecule has 0 aromatic carbocycles. The first-order valence-electron chi connectivity index (χ1n) is 9.33. The minimum Gasteiger partial charge on any atom is -0.390 e. The molecule has 4 saturated carbocycles. The van der Waals surface area contributed by atoms with Crippen LogP contribution >= 0.6 is 0 Å². The molecule has 4 fully saturated rings. The summed E-state index contributed by atoms with van der Waals surface area (Å²) in [6.45, 7) is 4.84. The van der Waals surface area contributed by atoms with Crippen molar-refractivity contribution in [3.05, 3.63) is 0 Å². The van der Waals surface area contributed by atoms with Crippen LogP contribution in [0.1, 0.15) is 71.6 Å². The summed E-state index contributed by atoms with van der Waals surface area (Å²) in [5.74, 6) is 3.12. The van der Waals surface area contributed by atoms with Crippen molar-refractivity contribution < 1.29 is 10.2 Å². The van der Waals surface area contributed by atoms with Crippen LogP contribution in [0.5, 0.6) is 0 Å². The van der Waals surface area contributed by atoms with E-state index >= 15 is 0 Å². The second kappa shape index (κ2) is 4.71. The molecule has 0 saturated heterocycles. The molecule has 21 heavy (non-hydrogen) atoms. The lowest BCUT2D eigenvalue weighted by Crippen LogP contribution is -2.53. The van der Waals surface area contributed by atoms with Crippen molar-refractivity contribution in [2.45, 2.75) is 83.8 Å². The zero-order valence-corrected chi connectivity index (χ0v) is 13.7. The van der Waals surface area contributed by atoms with E-state index in [9.17, 15) is 10.2 Å². The minimum atomic E-state index is -0.486. The maximum atomic E-state index is 10.5. The predicted octanol–water partition coefficient (Wildman–Crippen LogP) is 3.75. The molecule has 0 radical (unpaired) electrons. The van der Waals surface area contributed by atoms with Crippen LogP contribution in [0, 0.1) is 34.5 Å². The number of aliphatic hydroxyl groups is 2. The first-order valence-corrected chi connectivity index (χ1v) is 9.33. The molecular formula is C19H32O2. The largest absolute Gasteiger partial charge is 0.390 e. The van der Waals surface area contributed by atoms with E-state index in [0.29, 0.717) is 11.3 Å². The first-order chi connectivity index (χ1) is 9.97. The molecule has 4 aliphatic rings. The van der Waals surface area contributed by atoms with Gasteiger partial charge < -0.3 is 10.2 Å². The van der Waals surface area contributed by atoms with Crippen molar-refractivity contribution >= 4 is 0 Å². The fourth-order valence-corrected chi connectivity index (χ4v) is 7.28. The molecule has 0 unspecified atom stereocenters. The van der Waals surface area contributed by atoms with Crippen LogP contribution in [0.25, 0.3) is 0 Å². The maximum Gasteiger partial charge on any atom is 0.0855 e. The summed E-state index contributed by atoms with van der Waals surface area (Å²) in [7, 11) is 0. The Morgan fingerprint density at radius 3 is 2.43 bits per heavy atom. The maximum absolute atomic E-state index is 10.5. The highest BCUT2D eigenvalue weighted by Crippen LogP contribution is 2.66. The average molecular weight is 292 g/mol. The summed E-state index contributed by atoms with van der Waals surface area (Å²) in [6, 6.07) is 0. The molecule has 0 aliphatic heterocycles. The van der Waals surface area contributed by atoms with Gasteiger partial charge in [0.2, 0.25) is 0 Å². The van der Waals surface area contributed by atoms with E-state index in [2.05, 4.69) is 13.8 Å². The zero-order valence-electron chi connectivity index (χ0n) is 13.7. The topological polar surface area (TPSA) is 40.5 Å². The minimum absolute atomic E-state index is 0.0154. The fourth-order valence-electron chi connectivity index (χ4n) is 7.28. The monoisotopic (exact) mass is 292 g/mol. The van der Waals surface area contributed by atoms with E-state index < -0.39 is 12.2 Å². The zero-order chi connectivity index (χ0) is 14.8. The van der Waals surface area contributed by atoms with E-state index in [1.165, 1.54) is 44.9 Å². The van der Waals surface area contributed by atoms with E-state index in [4.69, 9.17) is 0 Å². The molecule has 2 N–H and O–H groups in total. The molecule has 0 heterocycles. The second-order valence-corrected chi connectivity index (χ2v) is 9.20. The van der Waals surface area contributed by atoms with Gasteiger partial charge in [0.25, 0.3) is 0 Å². The molecule has 0 bridgehead atoms. The number of hydrogen-bond donors (Lipinski definition) is 2. The number of aliphatic hydroxyl groups excluding tert-OH is 2. The lowest BCUT2D eigenvalue weighted by molar-refractivity contribution is -0.123. The van der Waals surface area contributed by atoms with Gasteiger partial charge in [-0.2, -0.15) is 0 Å². The summed E-state index contributed by atoms with van der Waals surface area (Å²) in [4.78, 5) is 0. The van der Waals surface area contributed by atoms with E-state index in [0.717, 1.165) is 30.6 Å². The van der Waals surface area contributed by atoms with Crippen LogP contribution in [0.2, 0.25) is 0 Å². The molecule has 4 rings (SSSR count). The van der Waals surface area contributed by atoms with Gasteiger partial charge in [-0.3, -0.25) is 0 Å². The van der Waals surface area contributed by atoms with E-state index in [1.807, 2.05) is 0 Å². The van der Waals surface area contributed by atoms with Gasteiger partial charge in [-0.1, -0.05) is 26.7 Å². The highest BCUT2D eigenvalue weighted by atomic mass is 16.3. The molecule has 0 aromatic rings. The molecule has 2 heteroatoms. The summed E-state index contributed by atoms with van der Waals surface area (Å²) < 4.78 is 0. The van der Waals surface area contributed by atoms with Crippen molar-refractivity contribution in [2.75, 3.05) is 0 Å². The lowest BCUT2D eigenvalue weighted by Gasteiger charge is -2.60. The molecular weight excluding hydrogens is 260 g/mol. The Hall–Kier alpha value is -0.0800. The van der Waals surface area contributed by atoms with E-state index in [1.54, 1.807) is 0 Å². The quantitative estimate of drug-likeness (QED) is 0.714. The summed E-state index contributed by atoms with van der Waals surface area (Å²) in [6.07, 6.45) is 10.8. The number of hydrogen-bond acceptors (Lipinski definition) is 2. The van der Waals surface area contributed by atoms with Gasteiger partial charge >= 0.3 is 0 Å². The molecule has 8 atom stereocenters. The van der Waals surface area contributed by atoms with Gasteiger partial charge in [0.15, 0.2) is 0 Å². The molecule has 120 valence electrons. The highest BCUT2D eigenvalue weighted by Gasteiger charge is 2.61. The SMILES string of the molecule is C[C@]12CCCC[C@@H]1CC[C@@H]1[C@@H]2CC[C@]2(C)[C@H](O)[C@H](O)C[C@@H]12. The third kappa shape index (κ3) is 1.84. The third-order valence-electron chi connectivity index (χ3n) is 8.56. The van der Waals surface area contributed by atoms with Crippen molar-refractivity contribution in [3.63, 3.8) is 0 Å². The van der Waals surface area contributed by atoms with Crippen molar-refractivity contribution in [1.29, 1.82) is 0 Å². The van der Waals surface area contributed by atoms with Gasteiger partial charge in [-0.15, -0.1) is 0 Å². The fraction of sp³-hybridized carbons (Fsp3) is 1.00. The molecule has 0 amide bonds. The van der Waals surface area contributed by atoms with Crippen LogP contribution in [0.15, 0.2) is 0 Å². The van der Waals surface area contributed by atoms with Crippen LogP contribution in [-0.4, -0.2) is 22.4 Å². The van der Waals surface area contributed by atoms with Crippen molar-refractivity contribution in [1.82, 2.24) is 0 Å². The highest BCUT2D eigenvalue weighted by molar-refractivity contribution is 5.10. The van der Waals surface area contributed by atoms with Gasteiger partial charge in [-0.25, -0.2) is 0 Å². The Morgan fingerprint density at radius 1 is 0.810 bits per heavy atom. The second-order valence-electron chi connectivity index (χ2n) is 9.20. The van der Waals surface area contributed by atoms with Crippen LogP contribution in [0.4, 0.5) is 0 Å². The first kappa shape index (κ1) is 14.5. The summed E-state index contributed by atoms with van der Waals surface area (Å²) in [5, 5.41) is 20.7. The predicted molar refractivity (Wildman–Crippen MR) is 83.7 cm³/mol. The normalized spacial score (nSPS) is 60.0. The van der Waals surface area contributed by atoms with Gasteiger partial charge in [-0.05, 0) is 79.4 Å². The Bertz CT molecular complexity index is 422. The van der Waals surface area contributed by atoms with Crippen molar-refractivity contribution in [2.24, 2.45) is 34.5 Å². The summed E-state index contributed by atoms with van der Waals surface area (Å²) >= 11 is 0. The lowest BCUT2D eigenvalue weighted by atomic mass is 9.45. The van der Waals surface area contributed by atoms with Crippen LogP contribution in [0.3, 0.4) is 0 Å². The average Bonchev–Trinajstić information content (AvgIpc) is 2.70. The number of rotatable bonds is 0. The van der Waals surface area contributed by atoms with E-state index in [-0.39, 0.29) is 5.41 Å². The standard InChI is InChI=1S/C19H32O2/c1-18-9-4-3-5-12(18)6-7-13-14(18)8-10-19(2)15(13)11-16(20)17(19)21/h12-17,20-21H,3-11H2,1-2H3/t12-,13-,14+,15+,16-,17-,18+,19+/m1/s1. The summed E-state index contributed by atoms with van der Waals surface area (Å²) in [5.41, 5.74) is 0.541. The van der Waals surface area contributed by atoms with Crippen LogP contribution < -0.4 is 0 Å². The van der Waals surface area contributed by atoms with Crippen LogP contribution in [-0.2, 0) is 0 Å². The number of fused-ring (bicyclic) bond motifs is 5. The Kier molecular flexibility index (Phi) is 3.25. The Balaban J connectivity index is 1.65. The third-order valence-corrected chi connectivity index (χ3v) is 8.56. The van der Waals surface area contributed by atoms with Gasteiger partial charge in [0.05, 0.1) is 12.2 Å². The molecule has 2 nitrogen and oxygen atoms in total. The van der Waals surface area contributed by atoms with Gasteiger partial charge in [0, 0.05) is 0 Å². The molecule has 4 aliphatic carbocycles. The molecule has 0 aromatic heterocycles. The smallest absolute Gasteiger partial charge is 0.0855 e. The van der Waals surface area contributed by atoms with Gasteiger partial charge in [0.1, 0.15) is 0 Å². The Morgan fingerprint density at radius 2 is 1.62 bits per heavy atom.